The second-order valence-corrected chi connectivity index (χ2v) is 5.77. The molecule has 0 aromatic heterocycles. The minimum Gasteiger partial charge on any atom is -0.384 e. The molecule has 1 aromatic rings. The van der Waals surface area contributed by atoms with Crippen LogP contribution in [-0.4, -0.2) is 25.4 Å². The van der Waals surface area contributed by atoms with E-state index in [1.54, 1.807) is 11.8 Å². The van der Waals surface area contributed by atoms with Gasteiger partial charge in [-0.15, -0.1) is 11.8 Å². The van der Waals surface area contributed by atoms with E-state index in [4.69, 9.17) is 0 Å². The van der Waals surface area contributed by atoms with Gasteiger partial charge in [0, 0.05) is 11.4 Å². The Bertz CT molecular complexity index is 433. The van der Waals surface area contributed by atoms with Crippen molar-refractivity contribution in [1.82, 2.24) is 5.32 Å². The highest BCUT2D eigenvalue weighted by Crippen LogP contribution is 2.28. The zero-order chi connectivity index (χ0) is 12.8. The van der Waals surface area contributed by atoms with Gasteiger partial charge in [-0.25, -0.2) is 0 Å². The number of nitrogens with zero attached hydrogens (tertiary/aromatic N) is 1. The topological polar surface area (TPSA) is 47.8 Å². The van der Waals surface area contributed by atoms with Crippen LogP contribution in [0.4, 0.5) is 5.69 Å². The zero-order valence-electron chi connectivity index (χ0n) is 10.7. The number of thioether (sulfide) groups is 1. The largest absolute Gasteiger partial charge is 0.384 e. The predicted octanol–water partition coefficient (Wildman–Crippen LogP) is 2.69. The molecule has 1 fully saturated rings. The fraction of sp³-hybridized carbons (Fsp3) is 0.500. The fourth-order valence-electron chi connectivity index (χ4n) is 2.21. The Hall–Kier alpha value is -1.18. The molecule has 0 radical (unpaired) electrons. The number of hydrogen-bond donors (Lipinski definition) is 2. The average Bonchev–Trinajstić information content (AvgIpc) is 2.90. The Morgan fingerprint density at radius 3 is 3.11 bits per heavy atom. The van der Waals surface area contributed by atoms with Gasteiger partial charge in [-0.2, -0.15) is 5.26 Å². The molecular weight excluding hydrogens is 242 g/mol. The van der Waals surface area contributed by atoms with Gasteiger partial charge in [-0.3, -0.25) is 0 Å². The van der Waals surface area contributed by atoms with Crippen LogP contribution < -0.4 is 10.6 Å². The lowest BCUT2D eigenvalue weighted by atomic mass is 10.1. The smallest absolute Gasteiger partial charge is 0.102 e. The lowest BCUT2D eigenvalue weighted by Crippen LogP contribution is -2.17. The summed E-state index contributed by atoms with van der Waals surface area (Å²) in [6, 6.07) is 8.37. The molecule has 1 aliphatic rings. The molecule has 96 valence electrons. The molecule has 4 heteroatoms. The number of nitriles is 1. The van der Waals surface area contributed by atoms with E-state index in [9.17, 15) is 5.26 Å². The van der Waals surface area contributed by atoms with Gasteiger partial charge in [0.15, 0.2) is 0 Å². The monoisotopic (exact) mass is 261 g/mol. The van der Waals surface area contributed by atoms with Gasteiger partial charge in [0.2, 0.25) is 0 Å². The first-order valence-electron chi connectivity index (χ1n) is 6.45. The van der Waals surface area contributed by atoms with Crippen molar-refractivity contribution in [3.05, 3.63) is 23.8 Å². The van der Waals surface area contributed by atoms with Crippen molar-refractivity contribution in [3.63, 3.8) is 0 Å². The molecule has 1 aromatic carbocycles. The summed E-state index contributed by atoms with van der Waals surface area (Å²) in [5.74, 6) is 1.67. The maximum Gasteiger partial charge on any atom is 0.102 e. The third-order valence-electron chi connectivity index (χ3n) is 3.18. The van der Waals surface area contributed by atoms with E-state index in [0.29, 0.717) is 5.92 Å². The summed E-state index contributed by atoms with van der Waals surface area (Å²) in [5, 5.41) is 16.1. The molecule has 1 heterocycles. The van der Waals surface area contributed by atoms with Crippen molar-refractivity contribution in [2.75, 3.05) is 30.7 Å². The van der Waals surface area contributed by atoms with Crippen LogP contribution in [-0.2, 0) is 0 Å². The standard InChI is InChI=1S/C14H19N3S/c1-2-18-14-5-3-4-13(12(14)8-15)17-10-11-6-7-16-9-11/h3-5,11,16-17H,2,6-7,9-10H2,1H3. The van der Waals surface area contributed by atoms with Crippen molar-refractivity contribution < 1.29 is 0 Å². The third-order valence-corrected chi connectivity index (χ3v) is 4.12. The fourth-order valence-corrected chi connectivity index (χ4v) is 3.00. The highest BCUT2D eigenvalue weighted by Gasteiger charge is 2.15. The summed E-state index contributed by atoms with van der Waals surface area (Å²) < 4.78 is 0. The summed E-state index contributed by atoms with van der Waals surface area (Å²) in [6.07, 6.45) is 1.22. The number of hydrogen-bond acceptors (Lipinski definition) is 4. The van der Waals surface area contributed by atoms with E-state index in [0.717, 1.165) is 41.5 Å². The molecule has 18 heavy (non-hydrogen) atoms. The zero-order valence-corrected chi connectivity index (χ0v) is 11.5. The Kier molecular flexibility index (Phi) is 4.91. The van der Waals surface area contributed by atoms with Crippen molar-refractivity contribution >= 4 is 17.4 Å². The Morgan fingerprint density at radius 1 is 1.56 bits per heavy atom. The van der Waals surface area contributed by atoms with Crippen molar-refractivity contribution in [1.29, 1.82) is 5.26 Å². The van der Waals surface area contributed by atoms with Crippen LogP contribution in [0.15, 0.2) is 23.1 Å². The van der Waals surface area contributed by atoms with Crippen molar-refractivity contribution in [3.8, 4) is 6.07 Å². The normalized spacial score (nSPS) is 18.6. The molecule has 0 bridgehead atoms. The summed E-state index contributed by atoms with van der Waals surface area (Å²) in [6.45, 7) is 5.25. The molecule has 3 nitrogen and oxygen atoms in total. The van der Waals surface area contributed by atoms with Gasteiger partial charge < -0.3 is 10.6 Å². The quantitative estimate of drug-likeness (QED) is 0.800. The number of nitrogens with one attached hydrogen (secondary N) is 2. The average molecular weight is 261 g/mol. The van der Waals surface area contributed by atoms with Crippen LogP contribution in [0, 0.1) is 17.2 Å². The first kappa shape index (κ1) is 13.3. The molecule has 1 unspecified atom stereocenters. The van der Waals surface area contributed by atoms with Gasteiger partial charge in [-0.1, -0.05) is 13.0 Å². The Balaban J connectivity index is 2.06. The SMILES string of the molecule is CCSc1cccc(NCC2CCNC2)c1C#N. The summed E-state index contributed by atoms with van der Waals surface area (Å²) in [7, 11) is 0. The molecule has 1 saturated heterocycles. The van der Waals surface area contributed by atoms with E-state index in [-0.39, 0.29) is 0 Å². The first-order valence-corrected chi connectivity index (χ1v) is 7.44. The highest BCUT2D eigenvalue weighted by atomic mass is 32.2. The second-order valence-electron chi connectivity index (χ2n) is 4.46. The van der Waals surface area contributed by atoms with E-state index < -0.39 is 0 Å². The van der Waals surface area contributed by atoms with Crippen LogP contribution in [0.1, 0.15) is 18.9 Å². The Morgan fingerprint density at radius 2 is 2.44 bits per heavy atom. The molecule has 0 spiro atoms. The van der Waals surface area contributed by atoms with Crippen LogP contribution in [0.25, 0.3) is 0 Å². The van der Waals surface area contributed by atoms with E-state index in [2.05, 4.69) is 23.6 Å². The van der Waals surface area contributed by atoms with Crippen LogP contribution in [0.3, 0.4) is 0 Å². The molecule has 0 aliphatic carbocycles. The van der Waals surface area contributed by atoms with E-state index in [1.807, 2.05) is 18.2 Å². The summed E-state index contributed by atoms with van der Waals surface area (Å²) >= 11 is 1.72. The summed E-state index contributed by atoms with van der Waals surface area (Å²) in [4.78, 5) is 1.08. The van der Waals surface area contributed by atoms with Gasteiger partial charge in [0.05, 0.1) is 11.3 Å². The third kappa shape index (κ3) is 3.18. The van der Waals surface area contributed by atoms with Crippen molar-refractivity contribution in [2.24, 2.45) is 5.92 Å². The number of anilines is 1. The van der Waals surface area contributed by atoms with Gasteiger partial charge in [0.1, 0.15) is 6.07 Å². The number of rotatable bonds is 5. The van der Waals surface area contributed by atoms with Crippen molar-refractivity contribution in [2.45, 2.75) is 18.2 Å². The van der Waals surface area contributed by atoms with Crippen LogP contribution in [0.5, 0.6) is 0 Å². The molecule has 0 amide bonds. The molecule has 1 aliphatic heterocycles. The van der Waals surface area contributed by atoms with Gasteiger partial charge in [0.25, 0.3) is 0 Å². The van der Waals surface area contributed by atoms with Crippen LogP contribution in [0.2, 0.25) is 0 Å². The highest BCUT2D eigenvalue weighted by molar-refractivity contribution is 7.99. The lowest BCUT2D eigenvalue weighted by Gasteiger charge is -2.14. The van der Waals surface area contributed by atoms with E-state index in [1.165, 1.54) is 6.42 Å². The van der Waals surface area contributed by atoms with Gasteiger partial charge >= 0.3 is 0 Å². The minimum atomic E-state index is 0.680. The van der Waals surface area contributed by atoms with E-state index >= 15 is 0 Å². The maximum absolute atomic E-state index is 9.30. The van der Waals surface area contributed by atoms with Gasteiger partial charge in [-0.05, 0) is 43.3 Å². The molecule has 2 N–H and O–H groups in total. The molecule has 2 rings (SSSR count). The molecular formula is C14H19N3S. The lowest BCUT2D eigenvalue weighted by molar-refractivity contribution is 0.615. The summed E-state index contributed by atoms with van der Waals surface area (Å²) in [5.41, 5.74) is 1.76. The first-order chi connectivity index (χ1) is 8.85. The maximum atomic E-state index is 9.30. The predicted molar refractivity (Wildman–Crippen MR) is 77.0 cm³/mol. The second kappa shape index (κ2) is 6.67. The number of benzene rings is 1. The molecule has 0 saturated carbocycles. The van der Waals surface area contributed by atoms with Crippen LogP contribution >= 0.6 is 11.8 Å². The Labute approximate surface area is 113 Å². The minimum absolute atomic E-state index is 0.680. The molecule has 1 atom stereocenters.